The van der Waals surface area contributed by atoms with Crippen molar-refractivity contribution in [3.05, 3.63) is 6.42 Å². The van der Waals surface area contributed by atoms with Crippen LogP contribution < -0.4 is 0 Å². The normalized spacial score (nSPS) is 13.3. The Balaban J connectivity index is 3.50. The predicted molar refractivity (Wildman–Crippen MR) is 179 cm³/mol. The molecule has 0 aromatic rings. The summed E-state index contributed by atoms with van der Waals surface area (Å²) in [5.74, 6) is 7.31. The molecule has 2 atom stereocenters. The molecule has 0 saturated carbocycles. The van der Waals surface area contributed by atoms with Gasteiger partial charge in [0.1, 0.15) is 0 Å². The summed E-state index contributed by atoms with van der Waals surface area (Å²) < 4.78 is 0. The van der Waals surface area contributed by atoms with Crippen molar-refractivity contribution in [1.29, 1.82) is 0 Å². The number of thioether (sulfide) groups is 2. The zero-order chi connectivity index (χ0) is 27.1. The molecule has 0 bridgehead atoms. The van der Waals surface area contributed by atoms with Gasteiger partial charge in [-0.25, -0.2) is 0 Å². The molecule has 0 aromatic heterocycles. The Hall–Kier alpha value is 0.700. The van der Waals surface area contributed by atoms with Crippen LogP contribution in [-0.2, 0) is 0 Å². The molecule has 0 aliphatic carbocycles. The molecule has 0 heterocycles. The summed E-state index contributed by atoms with van der Waals surface area (Å²) in [4.78, 5) is 0. The molecule has 0 saturated heterocycles. The van der Waals surface area contributed by atoms with E-state index in [0.29, 0.717) is 0 Å². The molecule has 2 heteroatoms. The lowest BCUT2D eigenvalue weighted by molar-refractivity contribution is 0.502. The van der Waals surface area contributed by atoms with Crippen molar-refractivity contribution in [1.82, 2.24) is 0 Å². The quantitative estimate of drug-likeness (QED) is 0.0757. The van der Waals surface area contributed by atoms with Crippen LogP contribution in [0.25, 0.3) is 0 Å². The average Bonchev–Trinajstić information content (AvgIpc) is 2.90. The van der Waals surface area contributed by atoms with Gasteiger partial charge in [-0.05, 0) is 73.4 Å². The van der Waals surface area contributed by atoms with Gasteiger partial charge in [-0.1, -0.05) is 150 Å². The highest BCUT2D eigenvalue weighted by atomic mass is 32.2. The summed E-state index contributed by atoms with van der Waals surface area (Å²) in [7, 11) is 0. The molecule has 0 amide bonds. The zero-order valence-corrected chi connectivity index (χ0v) is 28.0. The highest BCUT2D eigenvalue weighted by Crippen LogP contribution is 2.24. The first-order valence-electron chi connectivity index (χ1n) is 17.2. The van der Waals surface area contributed by atoms with Gasteiger partial charge >= 0.3 is 0 Å². The Morgan fingerprint density at radius 3 is 1.30 bits per heavy atom. The summed E-state index contributed by atoms with van der Waals surface area (Å²) in [5, 5.41) is 0. The van der Waals surface area contributed by atoms with E-state index in [4.69, 9.17) is 0 Å². The van der Waals surface area contributed by atoms with Crippen molar-refractivity contribution < 1.29 is 0 Å². The molecule has 0 aliphatic heterocycles. The standard InChI is InChI=1S/C35H71S2/c1-5-8-10-12-14-16-18-20-22-24-30-36-32-34(4)28-26-29-35(27-7-3)33-37-31-25-23-21-19-17-15-13-11-9-6-2/h26,34-35H,5-25,27-33H2,1-4H3. The first kappa shape index (κ1) is 37.7. The van der Waals surface area contributed by atoms with E-state index in [9.17, 15) is 0 Å². The maximum atomic E-state index is 2.65. The highest BCUT2D eigenvalue weighted by molar-refractivity contribution is 7.99. The van der Waals surface area contributed by atoms with Crippen LogP contribution in [0.2, 0.25) is 0 Å². The van der Waals surface area contributed by atoms with Crippen molar-refractivity contribution in [2.45, 2.75) is 182 Å². The first-order valence-corrected chi connectivity index (χ1v) is 19.5. The predicted octanol–water partition coefficient (Wildman–Crippen LogP) is 13.3. The molecule has 37 heavy (non-hydrogen) atoms. The zero-order valence-electron chi connectivity index (χ0n) is 26.3. The van der Waals surface area contributed by atoms with Gasteiger partial charge in [0.05, 0.1) is 0 Å². The molecule has 0 fully saturated rings. The summed E-state index contributed by atoms with van der Waals surface area (Å²) in [5.41, 5.74) is 0. The molecule has 0 aromatic carbocycles. The van der Waals surface area contributed by atoms with Gasteiger partial charge in [-0.2, -0.15) is 23.5 Å². The summed E-state index contributed by atoms with van der Waals surface area (Å²) in [6, 6.07) is 0. The van der Waals surface area contributed by atoms with Gasteiger partial charge in [-0.15, -0.1) is 0 Å². The van der Waals surface area contributed by atoms with Crippen LogP contribution in [0.1, 0.15) is 182 Å². The molecule has 0 spiro atoms. The topological polar surface area (TPSA) is 0 Å². The van der Waals surface area contributed by atoms with E-state index < -0.39 is 0 Å². The second kappa shape index (κ2) is 32.9. The fourth-order valence-electron chi connectivity index (χ4n) is 5.28. The first-order chi connectivity index (χ1) is 18.2. The van der Waals surface area contributed by atoms with Crippen LogP contribution in [0.15, 0.2) is 0 Å². The average molecular weight is 556 g/mol. The number of unbranched alkanes of at least 4 members (excludes halogenated alkanes) is 18. The number of hydrogen-bond acceptors (Lipinski definition) is 2. The van der Waals surface area contributed by atoms with Crippen molar-refractivity contribution in [3.63, 3.8) is 0 Å². The van der Waals surface area contributed by atoms with E-state index in [2.05, 4.69) is 57.6 Å². The lowest BCUT2D eigenvalue weighted by Crippen LogP contribution is -2.07. The van der Waals surface area contributed by atoms with E-state index >= 15 is 0 Å². The molecule has 0 N–H and O–H groups in total. The van der Waals surface area contributed by atoms with Gasteiger partial charge in [0.15, 0.2) is 0 Å². The third-order valence-electron chi connectivity index (χ3n) is 7.81. The van der Waals surface area contributed by atoms with Crippen LogP contribution in [0.5, 0.6) is 0 Å². The van der Waals surface area contributed by atoms with Crippen LogP contribution in [-0.4, -0.2) is 23.0 Å². The van der Waals surface area contributed by atoms with E-state index in [-0.39, 0.29) is 0 Å². The Kier molecular flexibility index (Phi) is 33.5. The lowest BCUT2D eigenvalue weighted by Gasteiger charge is -2.17. The van der Waals surface area contributed by atoms with Crippen molar-refractivity contribution in [3.8, 4) is 0 Å². The molecule has 0 aliphatic rings. The number of rotatable bonds is 32. The van der Waals surface area contributed by atoms with Gasteiger partial charge < -0.3 is 0 Å². The molecule has 223 valence electrons. The highest BCUT2D eigenvalue weighted by Gasteiger charge is 2.10. The van der Waals surface area contributed by atoms with Gasteiger partial charge in [-0.3, -0.25) is 0 Å². The maximum Gasteiger partial charge on any atom is -0.00390 e. The third-order valence-corrected chi connectivity index (χ3v) is 10.5. The third kappa shape index (κ3) is 31.1. The van der Waals surface area contributed by atoms with E-state index in [0.717, 1.165) is 11.8 Å². The Labute approximate surface area is 245 Å². The minimum absolute atomic E-state index is 0.856. The van der Waals surface area contributed by atoms with E-state index in [1.54, 1.807) is 0 Å². The molecule has 0 nitrogen and oxygen atoms in total. The van der Waals surface area contributed by atoms with Crippen LogP contribution in [0.3, 0.4) is 0 Å². The fourth-order valence-corrected chi connectivity index (χ4v) is 7.60. The minimum Gasteiger partial charge on any atom is -0.162 e. The van der Waals surface area contributed by atoms with Crippen LogP contribution in [0.4, 0.5) is 0 Å². The van der Waals surface area contributed by atoms with E-state index in [1.807, 2.05) is 0 Å². The number of hydrogen-bond donors (Lipinski definition) is 0. The fraction of sp³-hybridized carbons (Fsp3) is 0.971. The monoisotopic (exact) mass is 555 g/mol. The summed E-state index contributed by atoms with van der Waals surface area (Å²) in [6.45, 7) is 9.45. The molecule has 0 rings (SSSR count). The molecule has 1 radical (unpaired) electrons. The second-order valence-corrected chi connectivity index (χ2v) is 14.3. The molecular weight excluding hydrogens is 485 g/mol. The Morgan fingerprint density at radius 1 is 0.459 bits per heavy atom. The molecule has 2 unspecified atom stereocenters. The Bertz CT molecular complexity index is 397. The van der Waals surface area contributed by atoms with Crippen molar-refractivity contribution >= 4 is 23.5 Å². The summed E-state index contributed by atoms with van der Waals surface area (Å²) >= 11 is 4.46. The summed E-state index contributed by atoms with van der Waals surface area (Å²) in [6.07, 6.45) is 37.1. The minimum atomic E-state index is 0.856. The lowest BCUT2D eigenvalue weighted by atomic mass is 9.96. The SMILES string of the molecule is CCCCCCCCCCCCSCC(C)C[CH]CC(CCC)CSCCCCCCCCCCCC. The van der Waals surface area contributed by atoms with Gasteiger partial charge in [0.2, 0.25) is 0 Å². The van der Waals surface area contributed by atoms with Gasteiger partial charge in [0, 0.05) is 0 Å². The van der Waals surface area contributed by atoms with E-state index in [1.165, 1.54) is 177 Å². The van der Waals surface area contributed by atoms with Crippen LogP contribution in [0, 0.1) is 18.3 Å². The largest absolute Gasteiger partial charge is 0.162 e. The second-order valence-electron chi connectivity index (χ2n) is 12.0. The Morgan fingerprint density at radius 2 is 0.865 bits per heavy atom. The smallest absolute Gasteiger partial charge is 0.00390 e. The van der Waals surface area contributed by atoms with Crippen molar-refractivity contribution in [2.24, 2.45) is 11.8 Å². The maximum absolute atomic E-state index is 2.65. The molecular formula is C35H71S2. The van der Waals surface area contributed by atoms with Crippen LogP contribution >= 0.6 is 23.5 Å². The van der Waals surface area contributed by atoms with Gasteiger partial charge in [0.25, 0.3) is 0 Å². The van der Waals surface area contributed by atoms with Crippen molar-refractivity contribution in [2.75, 3.05) is 23.0 Å².